The molecule has 0 heterocycles. The zero-order valence-electron chi connectivity index (χ0n) is 31.2. The molecular weight excluding hydrogens is 576 g/mol. The highest BCUT2D eigenvalue weighted by Gasteiger charge is 2.59. The standard InChI is InChI=1S/C44H70O3/c1-7-8-9-10-11-12-16-30-46-42(45)41(47-36-20-14-13-15-21-36)34-26-28-43(5)35(31-34)22-23-37-39-25-24-38(33(4)19-17-18-32(2)3)44(39,6)29-27-40(37)43/h13-15,20-22,32-34,37-41H,7-12,16-19,23-31H2,1-6H3/t33-,34?,37?,38-,39?,40?,41?,43+,44-/m1/s1. The summed E-state index contributed by atoms with van der Waals surface area (Å²) in [6.07, 6.45) is 24.9. The molecule has 0 aromatic heterocycles. The average Bonchev–Trinajstić information content (AvgIpc) is 3.42. The highest BCUT2D eigenvalue weighted by molar-refractivity contribution is 5.75. The van der Waals surface area contributed by atoms with Crippen LogP contribution in [0.15, 0.2) is 42.0 Å². The molecule has 0 spiro atoms. The van der Waals surface area contributed by atoms with Gasteiger partial charge in [0.05, 0.1) is 6.61 Å². The fourth-order valence-electron chi connectivity index (χ4n) is 11.3. The Labute approximate surface area is 289 Å². The van der Waals surface area contributed by atoms with Gasteiger partial charge in [-0.25, -0.2) is 4.79 Å². The van der Waals surface area contributed by atoms with Crippen molar-refractivity contribution in [3.05, 3.63) is 42.0 Å². The molecular formula is C44H70O3. The monoisotopic (exact) mass is 647 g/mol. The lowest BCUT2D eigenvalue weighted by Gasteiger charge is -2.58. The maximum atomic E-state index is 13.7. The maximum Gasteiger partial charge on any atom is 0.347 e. The normalized spacial score (nSPS) is 32.9. The van der Waals surface area contributed by atoms with Crippen LogP contribution in [0, 0.1) is 52.3 Å². The molecule has 0 aliphatic heterocycles. The second kappa shape index (κ2) is 16.8. The molecule has 0 saturated heterocycles. The number of fused-ring (bicyclic) bond motifs is 5. The van der Waals surface area contributed by atoms with Crippen LogP contribution in [-0.4, -0.2) is 18.7 Å². The molecule has 5 unspecified atom stereocenters. The maximum absolute atomic E-state index is 13.7. The lowest BCUT2D eigenvalue weighted by molar-refractivity contribution is -0.156. The number of hydrogen-bond donors (Lipinski definition) is 0. The van der Waals surface area contributed by atoms with Crippen molar-refractivity contribution in [1.29, 1.82) is 0 Å². The largest absolute Gasteiger partial charge is 0.478 e. The fourth-order valence-corrected chi connectivity index (χ4v) is 11.3. The van der Waals surface area contributed by atoms with Gasteiger partial charge in [0, 0.05) is 5.92 Å². The average molecular weight is 647 g/mol. The summed E-state index contributed by atoms with van der Waals surface area (Å²) in [6.45, 7) is 15.4. The number of rotatable bonds is 17. The quantitative estimate of drug-likeness (QED) is 0.0959. The number of unbranched alkanes of at least 4 members (excludes halogenated alkanes) is 6. The fraction of sp³-hybridized carbons (Fsp3) is 0.795. The lowest BCUT2D eigenvalue weighted by atomic mass is 9.46. The van der Waals surface area contributed by atoms with E-state index in [9.17, 15) is 4.79 Å². The van der Waals surface area contributed by atoms with E-state index in [0.29, 0.717) is 12.0 Å². The number of esters is 1. The summed E-state index contributed by atoms with van der Waals surface area (Å²) in [4.78, 5) is 13.7. The molecule has 264 valence electrons. The van der Waals surface area contributed by atoms with Crippen LogP contribution in [0.3, 0.4) is 0 Å². The van der Waals surface area contributed by atoms with E-state index in [-0.39, 0.29) is 17.3 Å². The second-order valence-electron chi connectivity index (χ2n) is 17.4. The van der Waals surface area contributed by atoms with Gasteiger partial charge in [-0.3, -0.25) is 0 Å². The van der Waals surface area contributed by atoms with Gasteiger partial charge in [0.2, 0.25) is 0 Å². The van der Waals surface area contributed by atoms with Gasteiger partial charge in [-0.15, -0.1) is 0 Å². The summed E-state index contributed by atoms with van der Waals surface area (Å²) in [5, 5.41) is 0. The van der Waals surface area contributed by atoms with Gasteiger partial charge < -0.3 is 9.47 Å². The predicted molar refractivity (Wildman–Crippen MR) is 196 cm³/mol. The topological polar surface area (TPSA) is 35.5 Å². The van der Waals surface area contributed by atoms with Crippen LogP contribution in [0.5, 0.6) is 5.75 Å². The van der Waals surface area contributed by atoms with Gasteiger partial charge in [0.25, 0.3) is 0 Å². The van der Waals surface area contributed by atoms with E-state index in [1.165, 1.54) is 89.9 Å². The van der Waals surface area contributed by atoms with Crippen LogP contribution < -0.4 is 4.74 Å². The van der Waals surface area contributed by atoms with Crippen molar-refractivity contribution in [3.8, 4) is 5.75 Å². The first-order valence-electron chi connectivity index (χ1n) is 20.2. The molecule has 47 heavy (non-hydrogen) atoms. The number of para-hydroxylation sites is 1. The number of ether oxygens (including phenoxy) is 2. The van der Waals surface area contributed by atoms with Crippen LogP contribution in [0.25, 0.3) is 0 Å². The molecule has 3 nitrogen and oxygen atoms in total. The Balaban J connectivity index is 1.23. The van der Waals surface area contributed by atoms with Gasteiger partial charge in [0.15, 0.2) is 6.10 Å². The number of benzene rings is 1. The van der Waals surface area contributed by atoms with Crippen LogP contribution in [0.4, 0.5) is 0 Å². The zero-order chi connectivity index (χ0) is 33.4. The lowest BCUT2D eigenvalue weighted by Crippen LogP contribution is -2.51. The number of hydrogen-bond acceptors (Lipinski definition) is 3. The van der Waals surface area contributed by atoms with E-state index in [4.69, 9.17) is 9.47 Å². The molecule has 9 atom stereocenters. The highest BCUT2D eigenvalue weighted by Crippen LogP contribution is 2.67. The van der Waals surface area contributed by atoms with Crippen LogP contribution in [0.2, 0.25) is 0 Å². The van der Waals surface area contributed by atoms with E-state index in [2.05, 4.69) is 47.6 Å². The first kappa shape index (κ1) is 36.5. The van der Waals surface area contributed by atoms with Crippen molar-refractivity contribution in [1.82, 2.24) is 0 Å². The van der Waals surface area contributed by atoms with Crippen LogP contribution in [-0.2, 0) is 9.53 Å². The summed E-state index contributed by atoms with van der Waals surface area (Å²) < 4.78 is 12.4. The molecule has 4 aliphatic rings. The van der Waals surface area contributed by atoms with E-state index in [0.717, 1.165) is 66.9 Å². The third kappa shape index (κ3) is 8.52. The minimum absolute atomic E-state index is 0.157. The summed E-state index contributed by atoms with van der Waals surface area (Å²) >= 11 is 0. The molecule has 3 heteroatoms. The Hall–Kier alpha value is -1.77. The molecule has 3 fully saturated rings. The predicted octanol–water partition coefficient (Wildman–Crippen LogP) is 12.4. The van der Waals surface area contributed by atoms with Gasteiger partial charge in [-0.1, -0.05) is 129 Å². The molecule has 5 rings (SSSR count). The van der Waals surface area contributed by atoms with Gasteiger partial charge >= 0.3 is 5.97 Å². The van der Waals surface area contributed by atoms with Crippen LogP contribution >= 0.6 is 0 Å². The first-order valence-corrected chi connectivity index (χ1v) is 20.2. The van der Waals surface area contributed by atoms with Crippen molar-refractivity contribution in [3.63, 3.8) is 0 Å². The van der Waals surface area contributed by atoms with Crippen molar-refractivity contribution in [2.45, 2.75) is 163 Å². The second-order valence-corrected chi connectivity index (χ2v) is 17.4. The van der Waals surface area contributed by atoms with Crippen molar-refractivity contribution in [2.75, 3.05) is 6.61 Å². The van der Waals surface area contributed by atoms with Crippen molar-refractivity contribution >= 4 is 5.97 Å². The number of allylic oxidation sites excluding steroid dienone is 2. The Morgan fingerprint density at radius 2 is 1.60 bits per heavy atom. The summed E-state index contributed by atoms with van der Waals surface area (Å²) in [6, 6.07) is 9.95. The highest BCUT2D eigenvalue weighted by atomic mass is 16.6. The van der Waals surface area contributed by atoms with E-state index in [1.54, 1.807) is 5.57 Å². The smallest absolute Gasteiger partial charge is 0.347 e. The number of carbonyl (C=O) groups is 1. The van der Waals surface area contributed by atoms with Crippen molar-refractivity contribution in [2.24, 2.45) is 52.3 Å². The third-order valence-electron chi connectivity index (χ3n) is 14.0. The first-order chi connectivity index (χ1) is 22.7. The van der Waals surface area contributed by atoms with E-state index >= 15 is 0 Å². The Morgan fingerprint density at radius 1 is 0.851 bits per heavy atom. The number of carbonyl (C=O) groups excluding carboxylic acids is 1. The Kier molecular flexibility index (Phi) is 13.0. The Bertz CT molecular complexity index is 1140. The molecule has 0 N–H and O–H groups in total. The molecule has 4 aliphatic carbocycles. The third-order valence-corrected chi connectivity index (χ3v) is 14.0. The van der Waals surface area contributed by atoms with E-state index in [1.807, 2.05) is 30.3 Å². The zero-order valence-corrected chi connectivity index (χ0v) is 31.2. The minimum Gasteiger partial charge on any atom is -0.478 e. The minimum atomic E-state index is -0.535. The van der Waals surface area contributed by atoms with Gasteiger partial charge in [-0.2, -0.15) is 0 Å². The summed E-state index contributed by atoms with van der Waals surface area (Å²) in [5.74, 6) is 5.86. The Morgan fingerprint density at radius 3 is 2.34 bits per heavy atom. The van der Waals surface area contributed by atoms with E-state index < -0.39 is 6.10 Å². The summed E-state index contributed by atoms with van der Waals surface area (Å²) in [7, 11) is 0. The molecule has 0 radical (unpaired) electrons. The molecule has 0 bridgehead atoms. The molecule has 0 amide bonds. The SMILES string of the molecule is CCCCCCCCCOC(=O)C(Oc1ccccc1)C1CC[C@@]2(C)C(=CCC3C2CC[C@@]2(C)C3CC[C@@H]2[C@H](C)CCCC(C)C)C1. The van der Waals surface area contributed by atoms with Crippen LogP contribution in [0.1, 0.15) is 157 Å². The molecule has 1 aromatic carbocycles. The van der Waals surface area contributed by atoms with Crippen molar-refractivity contribution < 1.29 is 14.3 Å². The molecule has 1 aromatic rings. The van der Waals surface area contributed by atoms with Gasteiger partial charge in [0.1, 0.15) is 5.75 Å². The molecule has 3 saturated carbocycles. The van der Waals surface area contributed by atoms with Gasteiger partial charge in [-0.05, 0) is 116 Å². The summed E-state index contributed by atoms with van der Waals surface area (Å²) in [5.41, 5.74) is 2.41.